The van der Waals surface area contributed by atoms with Gasteiger partial charge in [0.05, 0.1) is 5.69 Å². The van der Waals surface area contributed by atoms with E-state index in [4.69, 9.17) is 0 Å². The van der Waals surface area contributed by atoms with Crippen molar-refractivity contribution >= 4 is 6.29 Å². The third-order valence-corrected chi connectivity index (χ3v) is 2.81. The lowest BCUT2D eigenvalue weighted by Gasteiger charge is -2.06. The minimum atomic E-state index is -0.383. The molecular formula is C14H9FN4O. The molecule has 0 N–H and O–H groups in total. The first-order valence-corrected chi connectivity index (χ1v) is 5.87. The minimum Gasteiger partial charge on any atom is -0.296 e. The van der Waals surface area contributed by atoms with Gasteiger partial charge in [0, 0.05) is 18.0 Å². The van der Waals surface area contributed by atoms with Crippen LogP contribution in [0.3, 0.4) is 0 Å². The first-order chi connectivity index (χ1) is 9.79. The molecule has 0 aliphatic rings. The van der Waals surface area contributed by atoms with E-state index in [2.05, 4.69) is 15.3 Å². The summed E-state index contributed by atoms with van der Waals surface area (Å²) in [5.41, 5.74) is 1.93. The van der Waals surface area contributed by atoms with E-state index in [0.717, 1.165) is 5.56 Å². The number of benzene rings is 1. The number of hydrogen-bond donors (Lipinski definition) is 0. The summed E-state index contributed by atoms with van der Waals surface area (Å²) in [6.07, 6.45) is 3.83. The first-order valence-electron chi connectivity index (χ1n) is 5.87. The summed E-state index contributed by atoms with van der Waals surface area (Å²) in [6.45, 7) is 0. The standard InChI is InChI=1S/C14H9FN4O/c15-11-2-1-3-12(8-11)19-14(13(9-20)17-18-19)10-4-6-16-7-5-10/h1-9H. The third-order valence-electron chi connectivity index (χ3n) is 2.81. The minimum absolute atomic E-state index is 0.195. The van der Waals surface area contributed by atoms with Crippen LogP contribution >= 0.6 is 0 Å². The van der Waals surface area contributed by atoms with Crippen LogP contribution in [0.2, 0.25) is 0 Å². The largest absolute Gasteiger partial charge is 0.296 e. The van der Waals surface area contributed by atoms with E-state index in [1.54, 1.807) is 36.7 Å². The average Bonchev–Trinajstić information content (AvgIpc) is 2.92. The molecule has 98 valence electrons. The molecule has 20 heavy (non-hydrogen) atoms. The molecule has 0 aliphatic heterocycles. The Morgan fingerprint density at radius 2 is 1.95 bits per heavy atom. The molecule has 3 aromatic rings. The Morgan fingerprint density at radius 3 is 2.65 bits per heavy atom. The summed E-state index contributed by atoms with van der Waals surface area (Å²) in [6, 6.07) is 9.41. The van der Waals surface area contributed by atoms with Crippen LogP contribution in [-0.4, -0.2) is 26.3 Å². The molecule has 2 heterocycles. The Morgan fingerprint density at radius 1 is 1.15 bits per heavy atom. The molecular weight excluding hydrogens is 259 g/mol. The van der Waals surface area contributed by atoms with Crippen molar-refractivity contribution in [3.05, 3.63) is 60.3 Å². The SMILES string of the molecule is O=Cc1nnn(-c2cccc(F)c2)c1-c1ccncc1. The zero-order valence-electron chi connectivity index (χ0n) is 10.3. The highest BCUT2D eigenvalue weighted by atomic mass is 19.1. The van der Waals surface area contributed by atoms with Gasteiger partial charge in [-0.2, -0.15) is 0 Å². The Hall–Kier alpha value is -2.89. The van der Waals surface area contributed by atoms with Gasteiger partial charge in [0.25, 0.3) is 0 Å². The van der Waals surface area contributed by atoms with Gasteiger partial charge in [0.1, 0.15) is 11.5 Å². The monoisotopic (exact) mass is 268 g/mol. The highest BCUT2D eigenvalue weighted by Gasteiger charge is 2.15. The highest BCUT2D eigenvalue weighted by molar-refractivity contribution is 5.83. The number of aldehydes is 1. The van der Waals surface area contributed by atoms with Crippen molar-refractivity contribution in [3.63, 3.8) is 0 Å². The van der Waals surface area contributed by atoms with Crippen LogP contribution in [0.4, 0.5) is 4.39 Å². The third kappa shape index (κ3) is 2.07. The van der Waals surface area contributed by atoms with Crippen molar-refractivity contribution in [2.45, 2.75) is 0 Å². The number of carbonyl (C=O) groups is 1. The fraction of sp³-hybridized carbons (Fsp3) is 0. The fourth-order valence-electron chi connectivity index (χ4n) is 1.94. The van der Waals surface area contributed by atoms with Gasteiger partial charge >= 0.3 is 0 Å². The van der Waals surface area contributed by atoms with Crippen LogP contribution in [0.1, 0.15) is 10.5 Å². The number of aromatic nitrogens is 4. The van der Waals surface area contributed by atoms with E-state index in [-0.39, 0.29) is 11.5 Å². The first kappa shape index (κ1) is 12.2. The number of pyridine rings is 1. The average molecular weight is 268 g/mol. The molecule has 6 heteroatoms. The van der Waals surface area contributed by atoms with Gasteiger partial charge < -0.3 is 0 Å². The van der Waals surface area contributed by atoms with Gasteiger partial charge in [-0.1, -0.05) is 11.3 Å². The number of rotatable bonds is 3. The van der Waals surface area contributed by atoms with Gasteiger partial charge in [-0.25, -0.2) is 9.07 Å². The van der Waals surface area contributed by atoms with E-state index in [9.17, 15) is 9.18 Å². The predicted molar refractivity (Wildman–Crippen MR) is 69.9 cm³/mol. The number of carbonyl (C=O) groups excluding carboxylic acids is 1. The summed E-state index contributed by atoms with van der Waals surface area (Å²) in [5, 5.41) is 7.74. The molecule has 0 radical (unpaired) electrons. The molecule has 3 rings (SSSR count). The van der Waals surface area contributed by atoms with E-state index < -0.39 is 0 Å². The van der Waals surface area contributed by atoms with Gasteiger partial charge in [-0.15, -0.1) is 5.10 Å². The smallest absolute Gasteiger partial charge is 0.172 e. The fourth-order valence-corrected chi connectivity index (χ4v) is 1.94. The second kappa shape index (κ2) is 5.00. The lowest BCUT2D eigenvalue weighted by molar-refractivity contribution is 0.111. The molecule has 0 bridgehead atoms. The normalized spacial score (nSPS) is 10.4. The second-order valence-corrected chi connectivity index (χ2v) is 4.07. The number of nitrogens with zero attached hydrogens (tertiary/aromatic N) is 4. The Kier molecular flexibility index (Phi) is 3.04. The summed E-state index contributed by atoms with van der Waals surface area (Å²) < 4.78 is 14.8. The molecule has 0 fully saturated rings. The van der Waals surface area contributed by atoms with E-state index in [0.29, 0.717) is 17.7 Å². The molecule has 1 aromatic carbocycles. The lowest BCUT2D eigenvalue weighted by Crippen LogP contribution is -2.00. The van der Waals surface area contributed by atoms with E-state index >= 15 is 0 Å². The van der Waals surface area contributed by atoms with Crippen molar-refractivity contribution in [1.29, 1.82) is 0 Å². The maximum Gasteiger partial charge on any atom is 0.172 e. The van der Waals surface area contributed by atoms with E-state index in [1.165, 1.54) is 16.8 Å². The van der Waals surface area contributed by atoms with Crippen molar-refractivity contribution in [2.75, 3.05) is 0 Å². The summed E-state index contributed by atoms with van der Waals surface area (Å²) in [4.78, 5) is 15.0. The highest BCUT2D eigenvalue weighted by Crippen LogP contribution is 2.23. The molecule has 0 saturated heterocycles. The van der Waals surface area contributed by atoms with Crippen LogP contribution in [-0.2, 0) is 0 Å². The molecule has 2 aromatic heterocycles. The molecule has 0 amide bonds. The quantitative estimate of drug-likeness (QED) is 0.684. The molecule has 0 spiro atoms. The molecule has 0 saturated carbocycles. The summed E-state index contributed by atoms with van der Waals surface area (Å²) in [7, 11) is 0. The number of halogens is 1. The van der Waals surface area contributed by atoms with Crippen LogP contribution in [0, 0.1) is 5.82 Å². The molecule has 0 aliphatic carbocycles. The molecule has 0 unspecified atom stereocenters. The van der Waals surface area contributed by atoms with Crippen LogP contribution in [0.15, 0.2) is 48.8 Å². The van der Waals surface area contributed by atoms with Gasteiger partial charge in [0.2, 0.25) is 0 Å². The topological polar surface area (TPSA) is 60.7 Å². The van der Waals surface area contributed by atoms with Gasteiger partial charge in [-0.05, 0) is 30.3 Å². The van der Waals surface area contributed by atoms with Crippen molar-refractivity contribution < 1.29 is 9.18 Å². The zero-order valence-corrected chi connectivity index (χ0v) is 10.3. The number of hydrogen-bond acceptors (Lipinski definition) is 4. The maximum atomic E-state index is 13.3. The van der Waals surface area contributed by atoms with Crippen molar-refractivity contribution in [2.24, 2.45) is 0 Å². The Labute approximate surface area is 113 Å². The van der Waals surface area contributed by atoms with Crippen LogP contribution in [0.25, 0.3) is 16.9 Å². The summed E-state index contributed by atoms with van der Waals surface area (Å²) in [5.74, 6) is -0.383. The Bertz CT molecular complexity index is 755. The van der Waals surface area contributed by atoms with Crippen molar-refractivity contribution in [3.8, 4) is 16.9 Å². The van der Waals surface area contributed by atoms with Crippen LogP contribution in [0.5, 0.6) is 0 Å². The zero-order chi connectivity index (χ0) is 13.9. The van der Waals surface area contributed by atoms with E-state index in [1.807, 2.05) is 0 Å². The van der Waals surface area contributed by atoms with Crippen LogP contribution < -0.4 is 0 Å². The molecule has 0 atom stereocenters. The maximum absolute atomic E-state index is 13.3. The summed E-state index contributed by atoms with van der Waals surface area (Å²) >= 11 is 0. The lowest BCUT2D eigenvalue weighted by atomic mass is 10.1. The van der Waals surface area contributed by atoms with Gasteiger partial charge in [-0.3, -0.25) is 9.78 Å². The predicted octanol–water partition coefficient (Wildman–Crippen LogP) is 2.28. The molecule has 5 nitrogen and oxygen atoms in total. The van der Waals surface area contributed by atoms with Crippen molar-refractivity contribution in [1.82, 2.24) is 20.0 Å². The second-order valence-electron chi connectivity index (χ2n) is 4.07. The Balaban J connectivity index is 2.23. The van der Waals surface area contributed by atoms with Gasteiger partial charge in [0.15, 0.2) is 12.0 Å².